The predicted molar refractivity (Wildman–Crippen MR) is 113 cm³/mol. The summed E-state index contributed by atoms with van der Waals surface area (Å²) in [7, 11) is 1.61. The summed E-state index contributed by atoms with van der Waals surface area (Å²) < 4.78 is 15.9. The molecular formula is C23H29NO5. The van der Waals surface area contributed by atoms with Gasteiger partial charge in [-0.15, -0.1) is 0 Å². The van der Waals surface area contributed by atoms with Crippen LogP contribution in [0.4, 0.5) is 5.69 Å². The zero-order valence-electron chi connectivity index (χ0n) is 17.1. The lowest BCUT2D eigenvalue weighted by Crippen LogP contribution is -2.13. The molecule has 0 saturated carbocycles. The van der Waals surface area contributed by atoms with E-state index in [1.54, 1.807) is 31.4 Å². The van der Waals surface area contributed by atoms with Gasteiger partial charge < -0.3 is 19.5 Å². The van der Waals surface area contributed by atoms with Crippen LogP contribution in [0.2, 0.25) is 0 Å². The molecule has 0 aliphatic heterocycles. The molecule has 0 fully saturated rings. The summed E-state index contributed by atoms with van der Waals surface area (Å²) in [5.41, 5.74) is 1.13. The fraction of sp³-hybridized carbons (Fsp3) is 0.391. The second kappa shape index (κ2) is 12.4. The Morgan fingerprint density at radius 3 is 2.21 bits per heavy atom. The number of esters is 1. The number of hydrogen-bond acceptors (Lipinski definition) is 5. The van der Waals surface area contributed by atoms with E-state index in [1.807, 2.05) is 24.3 Å². The second-order valence-corrected chi connectivity index (χ2v) is 6.60. The van der Waals surface area contributed by atoms with Crippen LogP contribution in [0.15, 0.2) is 48.5 Å². The van der Waals surface area contributed by atoms with Crippen molar-refractivity contribution in [3.05, 3.63) is 54.1 Å². The number of nitrogens with one attached hydrogen (secondary N) is 1. The summed E-state index contributed by atoms with van der Waals surface area (Å²) in [5.74, 6) is 1.07. The van der Waals surface area contributed by atoms with E-state index in [-0.39, 0.29) is 11.9 Å². The van der Waals surface area contributed by atoms with Gasteiger partial charge in [-0.25, -0.2) is 4.79 Å². The van der Waals surface area contributed by atoms with E-state index in [0.29, 0.717) is 37.3 Å². The van der Waals surface area contributed by atoms with Crippen molar-refractivity contribution in [1.29, 1.82) is 0 Å². The number of anilines is 1. The highest BCUT2D eigenvalue weighted by Gasteiger charge is 2.08. The van der Waals surface area contributed by atoms with Crippen LogP contribution in [0, 0.1) is 0 Å². The van der Waals surface area contributed by atoms with Crippen LogP contribution in [0.3, 0.4) is 0 Å². The first-order valence-corrected chi connectivity index (χ1v) is 9.96. The molecule has 0 aliphatic carbocycles. The second-order valence-electron chi connectivity index (χ2n) is 6.60. The van der Waals surface area contributed by atoms with E-state index < -0.39 is 0 Å². The molecule has 29 heavy (non-hydrogen) atoms. The minimum Gasteiger partial charge on any atom is -0.497 e. The molecule has 6 nitrogen and oxygen atoms in total. The lowest BCUT2D eigenvalue weighted by Gasteiger charge is -2.08. The number of ether oxygens (including phenoxy) is 3. The summed E-state index contributed by atoms with van der Waals surface area (Å²) in [4.78, 5) is 24.0. The van der Waals surface area contributed by atoms with Gasteiger partial charge in [-0.2, -0.15) is 0 Å². The van der Waals surface area contributed by atoms with Crippen LogP contribution in [0.5, 0.6) is 11.5 Å². The standard InChI is InChI=1S/C23H29NO5/c1-3-4-5-16-29-23(26)18-8-10-19(11-9-18)24-22(25)7-6-17-28-21-14-12-20(27-2)13-15-21/h8-15H,3-7,16-17H2,1-2H3,(H,24,25). The number of carbonyl (C=O) groups excluding carboxylic acids is 2. The average Bonchev–Trinajstić information content (AvgIpc) is 2.75. The molecule has 0 unspecified atom stereocenters. The van der Waals surface area contributed by atoms with E-state index in [4.69, 9.17) is 14.2 Å². The molecule has 2 rings (SSSR count). The average molecular weight is 399 g/mol. The lowest BCUT2D eigenvalue weighted by molar-refractivity contribution is -0.116. The molecule has 0 spiro atoms. The summed E-state index contributed by atoms with van der Waals surface area (Å²) >= 11 is 0. The van der Waals surface area contributed by atoms with Crippen LogP contribution in [0.1, 0.15) is 49.4 Å². The third kappa shape index (κ3) is 8.25. The van der Waals surface area contributed by atoms with Gasteiger partial charge in [-0.1, -0.05) is 19.8 Å². The molecule has 0 radical (unpaired) electrons. The van der Waals surface area contributed by atoms with Gasteiger partial charge in [-0.3, -0.25) is 4.79 Å². The Morgan fingerprint density at radius 1 is 0.862 bits per heavy atom. The molecule has 2 aromatic rings. The molecule has 0 heterocycles. The monoisotopic (exact) mass is 399 g/mol. The first-order valence-electron chi connectivity index (χ1n) is 9.96. The third-order valence-corrected chi connectivity index (χ3v) is 4.26. The van der Waals surface area contributed by atoms with E-state index in [2.05, 4.69) is 12.2 Å². The molecule has 1 N–H and O–H groups in total. The Bertz CT molecular complexity index is 756. The van der Waals surface area contributed by atoms with Gasteiger partial charge in [-0.05, 0) is 61.4 Å². The van der Waals surface area contributed by atoms with Gasteiger partial charge in [0, 0.05) is 12.1 Å². The normalized spacial score (nSPS) is 10.3. The molecule has 1 amide bonds. The fourth-order valence-electron chi connectivity index (χ4n) is 2.61. The van der Waals surface area contributed by atoms with Gasteiger partial charge >= 0.3 is 5.97 Å². The highest BCUT2D eigenvalue weighted by Crippen LogP contribution is 2.17. The topological polar surface area (TPSA) is 73.9 Å². The first kappa shape index (κ1) is 22.3. The molecule has 0 atom stereocenters. The van der Waals surface area contributed by atoms with Crippen LogP contribution in [-0.2, 0) is 9.53 Å². The quantitative estimate of drug-likeness (QED) is 0.408. The zero-order chi connectivity index (χ0) is 20.9. The highest BCUT2D eigenvalue weighted by atomic mass is 16.5. The van der Waals surface area contributed by atoms with Crippen molar-refractivity contribution in [3.8, 4) is 11.5 Å². The number of benzene rings is 2. The van der Waals surface area contributed by atoms with Crippen LogP contribution in [-0.4, -0.2) is 32.2 Å². The van der Waals surface area contributed by atoms with Crippen LogP contribution < -0.4 is 14.8 Å². The van der Waals surface area contributed by atoms with Crippen molar-refractivity contribution in [3.63, 3.8) is 0 Å². The summed E-state index contributed by atoms with van der Waals surface area (Å²) in [6, 6.07) is 14.0. The minimum absolute atomic E-state index is 0.0989. The molecule has 156 valence electrons. The van der Waals surface area contributed by atoms with Gasteiger partial charge in [0.1, 0.15) is 11.5 Å². The molecular weight excluding hydrogens is 370 g/mol. The number of amides is 1. The summed E-state index contributed by atoms with van der Waals surface area (Å²) in [5, 5.41) is 2.82. The zero-order valence-corrected chi connectivity index (χ0v) is 17.1. The van der Waals surface area contributed by atoms with Gasteiger partial charge in [0.15, 0.2) is 0 Å². The molecule has 0 aromatic heterocycles. The molecule has 0 aliphatic rings. The third-order valence-electron chi connectivity index (χ3n) is 4.26. The largest absolute Gasteiger partial charge is 0.497 e. The van der Waals surface area contributed by atoms with Crippen LogP contribution >= 0.6 is 0 Å². The van der Waals surface area contributed by atoms with Crippen molar-refractivity contribution in [2.45, 2.75) is 39.0 Å². The van der Waals surface area contributed by atoms with E-state index in [0.717, 1.165) is 30.8 Å². The Hall–Kier alpha value is -3.02. The molecule has 2 aromatic carbocycles. The molecule has 6 heteroatoms. The first-order chi connectivity index (χ1) is 14.1. The lowest BCUT2D eigenvalue weighted by atomic mass is 10.2. The Labute approximate surface area is 172 Å². The van der Waals surface area contributed by atoms with E-state index in [9.17, 15) is 9.59 Å². The maximum Gasteiger partial charge on any atom is 0.338 e. The van der Waals surface area contributed by atoms with Crippen molar-refractivity contribution in [1.82, 2.24) is 0 Å². The number of hydrogen-bond donors (Lipinski definition) is 1. The van der Waals surface area contributed by atoms with Crippen molar-refractivity contribution < 1.29 is 23.8 Å². The van der Waals surface area contributed by atoms with Crippen molar-refractivity contribution in [2.75, 3.05) is 25.6 Å². The van der Waals surface area contributed by atoms with Crippen molar-refractivity contribution >= 4 is 17.6 Å². The van der Waals surface area contributed by atoms with E-state index in [1.165, 1.54) is 0 Å². The molecule has 0 saturated heterocycles. The number of unbranched alkanes of at least 4 members (excludes halogenated alkanes) is 2. The SMILES string of the molecule is CCCCCOC(=O)c1ccc(NC(=O)CCCOc2ccc(OC)cc2)cc1. The van der Waals surface area contributed by atoms with Crippen molar-refractivity contribution in [2.24, 2.45) is 0 Å². The maximum absolute atomic E-state index is 12.1. The van der Waals surface area contributed by atoms with Crippen LogP contribution in [0.25, 0.3) is 0 Å². The van der Waals surface area contributed by atoms with Gasteiger partial charge in [0.2, 0.25) is 5.91 Å². The number of carbonyl (C=O) groups is 2. The van der Waals surface area contributed by atoms with E-state index >= 15 is 0 Å². The molecule has 0 bridgehead atoms. The summed E-state index contributed by atoms with van der Waals surface area (Å²) in [6.45, 7) is 2.98. The predicted octanol–water partition coefficient (Wildman–Crippen LogP) is 4.84. The Morgan fingerprint density at radius 2 is 1.55 bits per heavy atom. The highest BCUT2D eigenvalue weighted by molar-refractivity contribution is 5.93. The Kier molecular flexibility index (Phi) is 9.55. The smallest absolute Gasteiger partial charge is 0.338 e. The Balaban J connectivity index is 1.67. The maximum atomic E-state index is 12.1. The van der Waals surface area contributed by atoms with Gasteiger partial charge in [0.05, 0.1) is 25.9 Å². The van der Waals surface area contributed by atoms with Gasteiger partial charge in [0.25, 0.3) is 0 Å². The number of methoxy groups -OCH3 is 1. The summed E-state index contributed by atoms with van der Waals surface area (Å²) in [6.07, 6.45) is 3.94. The minimum atomic E-state index is -0.338. The fourth-order valence-corrected chi connectivity index (χ4v) is 2.61. The number of rotatable bonds is 12.